The van der Waals surface area contributed by atoms with E-state index in [9.17, 15) is 18.0 Å². The number of ether oxygens (including phenoxy) is 1. The number of amides is 1. The van der Waals surface area contributed by atoms with Gasteiger partial charge in [-0.15, -0.1) is 0 Å². The second-order valence-electron chi connectivity index (χ2n) is 8.89. The fourth-order valence-electron chi connectivity index (χ4n) is 4.69. The van der Waals surface area contributed by atoms with Crippen LogP contribution in [0.2, 0.25) is 5.02 Å². The van der Waals surface area contributed by atoms with E-state index in [1.54, 1.807) is 6.92 Å². The van der Waals surface area contributed by atoms with E-state index in [1.165, 1.54) is 20.1 Å². The average Bonchev–Trinajstić information content (AvgIpc) is 3.34. The molecule has 2 aromatic rings. The average molecular weight is 538 g/mol. The minimum absolute atomic E-state index is 0.0369. The second-order valence-corrected chi connectivity index (χ2v) is 11.1. The molecule has 2 aliphatic heterocycles. The van der Waals surface area contributed by atoms with E-state index in [1.807, 2.05) is 36.1 Å². The van der Waals surface area contributed by atoms with Crippen LogP contribution in [0.1, 0.15) is 37.0 Å². The lowest BCUT2D eigenvalue weighted by atomic mass is 9.98. The number of carbonyl (C=O) groups excluding carboxylic acids is 2. The molecule has 0 saturated carbocycles. The third kappa shape index (κ3) is 5.37. The first-order valence-corrected chi connectivity index (χ1v) is 14.1. The molecule has 0 radical (unpaired) electrons. The minimum Gasteiger partial charge on any atom is -0.466 e. The summed E-state index contributed by atoms with van der Waals surface area (Å²) in [5, 5.41) is 4.66. The molecule has 36 heavy (non-hydrogen) atoms. The molecule has 0 aliphatic carbocycles. The second kappa shape index (κ2) is 11.2. The normalized spacial score (nSPS) is 19.4. The van der Waals surface area contributed by atoms with Crippen LogP contribution in [-0.2, 0) is 26.1 Å². The zero-order valence-electron chi connectivity index (χ0n) is 20.6. The van der Waals surface area contributed by atoms with Crippen LogP contribution in [0.3, 0.4) is 0 Å². The maximum Gasteiger partial charge on any atom is 0.310 e. The highest BCUT2D eigenvalue weighted by Crippen LogP contribution is 2.29. The number of hydrogen-bond acceptors (Lipinski definition) is 7. The van der Waals surface area contributed by atoms with Gasteiger partial charge in [0, 0.05) is 52.0 Å². The molecule has 2 aliphatic rings. The molecule has 1 amide bonds. The SMILES string of the molecule is CCOC(=O)C1CCCN(C(=O)c2cn(CC)nc2S(=O)(=O)N2CCN(c3ccccc3Cl)CC2)C1. The number of nitrogens with zero attached hydrogens (tertiary/aromatic N) is 5. The molecule has 4 rings (SSSR count). The van der Waals surface area contributed by atoms with Crippen LogP contribution in [0.25, 0.3) is 0 Å². The number of aromatic nitrogens is 2. The first-order chi connectivity index (χ1) is 17.3. The molecule has 3 heterocycles. The highest BCUT2D eigenvalue weighted by Gasteiger charge is 2.37. The van der Waals surface area contributed by atoms with Crippen LogP contribution in [-0.4, -0.2) is 85.2 Å². The summed E-state index contributed by atoms with van der Waals surface area (Å²) in [4.78, 5) is 29.3. The fourth-order valence-corrected chi connectivity index (χ4v) is 6.46. The zero-order valence-corrected chi connectivity index (χ0v) is 22.2. The Morgan fingerprint density at radius 1 is 1.11 bits per heavy atom. The van der Waals surface area contributed by atoms with E-state index >= 15 is 0 Å². The molecule has 0 N–H and O–H groups in total. The van der Waals surface area contributed by atoms with E-state index in [-0.39, 0.29) is 42.8 Å². The minimum atomic E-state index is -4.02. The molecule has 2 saturated heterocycles. The fraction of sp³-hybridized carbons (Fsp3) is 0.542. The van der Waals surface area contributed by atoms with Gasteiger partial charge in [0.25, 0.3) is 15.9 Å². The third-order valence-corrected chi connectivity index (χ3v) is 8.78. The number of piperazine rings is 1. The summed E-state index contributed by atoms with van der Waals surface area (Å²) in [6.45, 7) is 6.34. The van der Waals surface area contributed by atoms with E-state index in [0.29, 0.717) is 44.0 Å². The zero-order chi connectivity index (χ0) is 25.9. The van der Waals surface area contributed by atoms with Crippen molar-refractivity contribution in [2.24, 2.45) is 5.92 Å². The van der Waals surface area contributed by atoms with Crippen LogP contribution in [0.5, 0.6) is 0 Å². The topological polar surface area (TPSA) is 105 Å². The van der Waals surface area contributed by atoms with Gasteiger partial charge >= 0.3 is 5.97 Å². The summed E-state index contributed by atoms with van der Waals surface area (Å²) in [6, 6.07) is 7.47. The Morgan fingerprint density at radius 3 is 2.50 bits per heavy atom. The van der Waals surface area contributed by atoms with Gasteiger partial charge in [-0.05, 0) is 38.8 Å². The summed E-state index contributed by atoms with van der Waals surface area (Å²) in [7, 11) is -4.02. The molecule has 10 nitrogen and oxygen atoms in total. The summed E-state index contributed by atoms with van der Waals surface area (Å²) >= 11 is 6.32. The lowest BCUT2D eigenvalue weighted by molar-refractivity contribution is -0.149. The molecule has 1 atom stereocenters. The van der Waals surface area contributed by atoms with Gasteiger partial charge in [-0.25, -0.2) is 8.42 Å². The molecule has 12 heteroatoms. The Labute approximate surface area is 216 Å². The molecule has 2 fully saturated rings. The van der Waals surface area contributed by atoms with Crippen LogP contribution >= 0.6 is 11.6 Å². The summed E-state index contributed by atoms with van der Waals surface area (Å²) in [6.07, 6.45) is 2.77. The van der Waals surface area contributed by atoms with Gasteiger partial charge in [-0.3, -0.25) is 14.3 Å². The number of aryl methyl sites for hydroxylation is 1. The first-order valence-electron chi connectivity index (χ1n) is 12.3. The number of rotatable bonds is 7. The monoisotopic (exact) mass is 537 g/mol. The number of para-hydroxylation sites is 1. The maximum atomic E-state index is 13.7. The number of benzene rings is 1. The van der Waals surface area contributed by atoms with E-state index in [2.05, 4.69) is 5.10 Å². The number of likely N-dealkylation sites (tertiary alicyclic amines) is 1. The molecule has 0 spiro atoms. The molecule has 1 aromatic carbocycles. The van der Waals surface area contributed by atoms with Crippen LogP contribution in [0.4, 0.5) is 5.69 Å². The maximum absolute atomic E-state index is 13.7. The van der Waals surface area contributed by atoms with Gasteiger partial charge in [0.15, 0.2) is 0 Å². The van der Waals surface area contributed by atoms with Gasteiger partial charge in [-0.1, -0.05) is 23.7 Å². The quantitative estimate of drug-likeness (QED) is 0.500. The van der Waals surface area contributed by atoms with Gasteiger partial charge < -0.3 is 14.5 Å². The Morgan fingerprint density at radius 2 is 1.83 bits per heavy atom. The van der Waals surface area contributed by atoms with Gasteiger partial charge in [0.2, 0.25) is 5.03 Å². The van der Waals surface area contributed by atoms with Crippen molar-refractivity contribution in [2.75, 3.05) is 50.8 Å². The molecule has 1 unspecified atom stereocenters. The van der Waals surface area contributed by atoms with Gasteiger partial charge in [0.05, 0.1) is 28.8 Å². The molecule has 0 bridgehead atoms. The predicted octanol–water partition coefficient (Wildman–Crippen LogP) is 2.48. The predicted molar refractivity (Wildman–Crippen MR) is 136 cm³/mol. The van der Waals surface area contributed by atoms with Crippen molar-refractivity contribution in [3.05, 3.63) is 41.0 Å². The highest BCUT2D eigenvalue weighted by atomic mass is 35.5. The number of anilines is 1. The Kier molecular flexibility index (Phi) is 8.21. The highest BCUT2D eigenvalue weighted by molar-refractivity contribution is 7.89. The van der Waals surface area contributed by atoms with Crippen molar-refractivity contribution in [3.63, 3.8) is 0 Å². The summed E-state index contributed by atoms with van der Waals surface area (Å²) < 4.78 is 35.3. The summed E-state index contributed by atoms with van der Waals surface area (Å²) in [5.74, 6) is -1.18. The van der Waals surface area contributed by atoms with Crippen molar-refractivity contribution < 1.29 is 22.7 Å². The number of hydrogen-bond donors (Lipinski definition) is 0. The van der Waals surface area contributed by atoms with Crippen LogP contribution < -0.4 is 4.90 Å². The van der Waals surface area contributed by atoms with Crippen LogP contribution in [0.15, 0.2) is 35.5 Å². The third-order valence-electron chi connectivity index (χ3n) is 6.63. The molecule has 196 valence electrons. The standard InChI is InChI=1S/C24H32ClN5O5S/c1-3-29-17-19(23(31)28-11-7-8-18(16-28)24(32)35-4-2)22(26-29)36(33,34)30-14-12-27(13-15-30)21-10-6-5-9-20(21)25/h5-6,9-10,17-18H,3-4,7-8,11-16H2,1-2H3. The van der Waals surface area contributed by atoms with Crippen molar-refractivity contribution in [1.29, 1.82) is 0 Å². The number of halogens is 1. The molecule has 1 aromatic heterocycles. The van der Waals surface area contributed by atoms with Crippen molar-refractivity contribution in [1.82, 2.24) is 19.0 Å². The van der Waals surface area contributed by atoms with E-state index in [0.717, 1.165) is 5.69 Å². The van der Waals surface area contributed by atoms with E-state index < -0.39 is 21.8 Å². The number of esters is 1. The van der Waals surface area contributed by atoms with Crippen molar-refractivity contribution >= 4 is 39.2 Å². The first kappa shape index (κ1) is 26.4. The van der Waals surface area contributed by atoms with Gasteiger partial charge in [-0.2, -0.15) is 9.40 Å². The Bertz CT molecular complexity index is 1210. The van der Waals surface area contributed by atoms with Crippen LogP contribution in [0, 0.1) is 5.92 Å². The summed E-state index contributed by atoms with van der Waals surface area (Å²) in [5.41, 5.74) is 0.901. The number of carbonyl (C=O) groups is 2. The Hall–Kier alpha value is -2.63. The van der Waals surface area contributed by atoms with Crippen molar-refractivity contribution in [3.8, 4) is 0 Å². The Balaban J connectivity index is 1.53. The molecular weight excluding hydrogens is 506 g/mol. The van der Waals surface area contributed by atoms with E-state index in [4.69, 9.17) is 16.3 Å². The number of piperidine rings is 1. The lowest BCUT2D eigenvalue weighted by Crippen LogP contribution is -2.49. The molecular formula is C24H32ClN5O5S. The van der Waals surface area contributed by atoms with Crippen molar-refractivity contribution in [2.45, 2.75) is 38.3 Å². The lowest BCUT2D eigenvalue weighted by Gasteiger charge is -2.35. The largest absolute Gasteiger partial charge is 0.466 e. The van der Waals surface area contributed by atoms with Gasteiger partial charge in [0.1, 0.15) is 0 Å². The smallest absolute Gasteiger partial charge is 0.310 e. The number of sulfonamides is 1.